The van der Waals surface area contributed by atoms with Gasteiger partial charge >= 0.3 is 0 Å². The van der Waals surface area contributed by atoms with E-state index in [1.54, 1.807) is 7.11 Å². The first-order chi connectivity index (χ1) is 14.2. The third kappa shape index (κ3) is 6.24. The van der Waals surface area contributed by atoms with E-state index in [1.807, 2.05) is 53.4 Å². The van der Waals surface area contributed by atoms with Crippen molar-refractivity contribution in [2.24, 2.45) is 0 Å². The minimum absolute atomic E-state index is 0.0113. The molecule has 1 aliphatic heterocycles. The van der Waals surface area contributed by atoms with Gasteiger partial charge in [-0.05, 0) is 61.2 Å². The SMILES string of the molecule is COc1ccc(OCCCC(=O)NCc2cccc(N3CCCCC3=O)c2)cc1. The Kier molecular flexibility index (Phi) is 7.50. The van der Waals surface area contributed by atoms with Crippen LogP contribution in [0.25, 0.3) is 0 Å². The van der Waals surface area contributed by atoms with Crippen molar-refractivity contribution in [3.8, 4) is 11.5 Å². The molecule has 0 unspecified atom stereocenters. The number of benzene rings is 2. The molecule has 0 aliphatic carbocycles. The lowest BCUT2D eigenvalue weighted by Gasteiger charge is -2.27. The van der Waals surface area contributed by atoms with Crippen LogP contribution < -0.4 is 19.7 Å². The highest BCUT2D eigenvalue weighted by molar-refractivity contribution is 5.94. The molecular formula is C23H28N2O4. The Labute approximate surface area is 171 Å². The molecule has 1 N–H and O–H groups in total. The van der Waals surface area contributed by atoms with Crippen molar-refractivity contribution < 1.29 is 19.1 Å². The van der Waals surface area contributed by atoms with Gasteiger partial charge in [0.05, 0.1) is 13.7 Å². The number of piperidine rings is 1. The van der Waals surface area contributed by atoms with E-state index in [4.69, 9.17) is 9.47 Å². The van der Waals surface area contributed by atoms with Gasteiger partial charge in [-0.1, -0.05) is 12.1 Å². The van der Waals surface area contributed by atoms with E-state index in [1.165, 1.54) is 0 Å². The van der Waals surface area contributed by atoms with Gasteiger partial charge in [0.1, 0.15) is 11.5 Å². The normalized spacial score (nSPS) is 13.8. The predicted molar refractivity (Wildman–Crippen MR) is 112 cm³/mol. The van der Waals surface area contributed by atoms with E-state index < -0.39 is 0 Å². The van der Waals surface area contributed by atoms with Crippen molar-refractivity contribution in [1.29, 1.82) is 0 Å². The third-order valence-electron chi connectivity index (χ3n) is 4.91. The van der Waals surface area contributed by atoms with Crippen molar-refractivity contribution in [3.05, 3.63) is 54.1 Å². The maximum atomic E-state index is 12.1. The van der Waals surface area contributed by atoms with Crippen LogP contribution in [0.1, 0.15) is 37.7 Å². The number of ether oxygens (including phenoxy) is 2. The molecule has 0 saturated carbocycles. The van der Waals surface area contributed by atoms with E-state index in [9.17, 15) is 9.59 Å². The minimum atomic E-state index is -0.0113. The van der Waals surface area contributed by atoms with Gasteiger partial charge in [0.25, 0.3) is 0 Å². The summed E-state index contributed by atoms with van der Waals surface area (Å²) in [6, 6.07) is 15.2. The van der Waals surface area contributed by atoms with Gasteiger partial charge in [-0.25, -0.2) is 0 Å². The van der Waals surface area contributed by atoms with Gasteiger partial charge in [-0.2, -0.15) is 0 Å². The molecule has 2 amide bonds. The molecule has 0 spiro atoms. The highest BCUT2D eigenvalue weighted by Gasteiger charge is 2.19. The van der Waals surface area contributed by atoms with Crippen LogP contribution in [-0.2, 0) is 16.1 Å². The second-order valence-electron chi connectivity index (χ2n) is 7.08. The van der Waals surface area contributed by atoms with Crippen molar-refractivity contribution in [2.75, 3.05) is 25.2 Å². The van der Waals surface area contributed by atoms with Gasteiger partial charge < -0.3 is 19.7 Å². The first-order valence-electron chi connectivity index (χ1n) is 10.1. The standard InChI is InChI=1S/C23H28N2O4/c1-28-20-10-12-21(13-11-20)29-15-5-8-22(26)24-17-18-6-4-7-19(16-18)25-14-3-2-9-23(25)27/h4,6-7,10-13,16H,2-3,5,8-9,14-15,17H2,1H3,(H,24,26). The first-order valence-corrected chi connectivity index (χ1v) is 10.1. The maximum Gasteiger partial charge on any atom is 0.226 e. The summed E-state index contributed by atoms with van der Waals surface area (Å²) in [6.45, 7) is 1.70. The second-order valence-corrected chi connectivity index (χ2v) is 7.08. The summed E-state index contributed by atoms with van der Waals surface area (Å²) < 4.78 is 10.7. The summed E-state index contributed by atoms with van der Waals surface area (Å²) in [4.78, 5) is 26.0. The zero-order valence-electron chi connectivity index (χ0n) is 16.9. The molecule has 0 bridgehead atoms. The molecule has 1 fully saturated rings. The fraction of sp³-hybridized carbons (Fsp3) is 0.391. The lowest BCUT2D eigenvalue weighted by atomic mass is 10.1. The molecule has 1 heterocycles. The summed E-state index contributed by atoms with van der Waals surface area (Å²) in [5.41, 5.74) is 1.90. The molecule has 3 rings (SSSR count). The van der Waals surface area contributed by atoms with Gasteiger partial charge in [0.15, 0.2) is 0 Å². The molecule has 0 radical (unpaired) electrons. The number of amides is 2. The molecule has 2 aromatic rings. The molecule has 154 valence electrons. The average Bonchev–Trinajstić information content (AvgIpc) is 2.76. The topological polar surface area (TPSA) is 67.9 Å². The highest BCUT2D eigenvalue weighted by atomic mass is 16.5. The van der Waals surface area contributed by atoms with Crippen molar-refractivity contribution >= 4 is 17.5 Å². The quantitative estimate of drug-likeness (QED) is 0.657. The molecule has 6 heteroatoms. The monoisotopic (exact) mass is 396 g/mol. The Hall–Kier alpha value is -3.02. The molecular weight excluding hydrogens is 368 g/mol. The lowest BCUT2D eigenvalue weighted by Crippen LogP contribution is -2.35. The number of anilines is 1. The van der Waals surface area contributed by atoms with Crippen LogP contribution in [0.4, 0.5) is 5.69 Å². The number of carbonyl (C=O) groups excluding carboxylic acids is 2. The third-order valence-corrected chi connectivity index (χ3v) is 4.91. The average molecular weight is 396 g/mol. The summed E-state index contributed by atoms with van der Waals surface area (Å²) in [6.07, 6.45) is 3.65. The Balaban J connectivity index is 1.39. The van der Waals surface area contributed by atoms with E-state index >= 15 is 0 Å². The summed E-state index contributed by atoms with van der Waals surface area (Å²) >= 11 is 0. The molecule has 1 aliphatic rings. The van der Waals surface area contributed by atoms with Crippen LogP contribution in [0.3, 0.4) is 0 Å². The van der Waals surface area contributed by atoms with E-state index in [2.05, 4.69) is 5.32 Å². The van der Waals surface area contributed by atoms with Crippen LogP contribution in [0, 0.1) is 0 Å². The molecule has 0 aromatic heterocycles. The number of hydrogen-bond acceptors (Lipinski definition) is 4. The van der Waals surface area contributed by atoms with Gasteiger partial charge in [-0.3, -0.25) is 9.59 Å². The molecule has 2 aromatic carbocycles. The van der Waals surface area contributed by atoms with Gasteiger partial charge in [0.2, 0.25) is 11.8 Å². The van der Waals surface area contributed by atoms with Crippen LogP contribution in [0.5, 0.6) is 11.5 Å². The Bertz CT molecular complexity index is 820. The largest absolute Gasteiger partial charge is 0.497 e. The van der Waals surface area contributed by atoms with Gasteiger partial charge in [-0.15, -0.1) is 0 Å². The summed E-state index contributed by atoms with van der Waals surface area (Å²) in [7, 11) is 1.62. The zero-order valence-corrected chi connectivity index (χ0v) is 16.9. The van der Waals surface area contributed by atoms with Crippen LogP contribution >= 0.6 is 0 Å². The summed E-state index contributed by atoms with van der Waals surface area (Å²) in [5, 5.41) is 2.94. The van der Waals surface area contributed by atoms with Crippen molar-refractivity contribution in [1.82, 2.24) is 5.32 Å². The van der Waals surface area contributed by atoms with E-state index in [0.717, 1.165) is 42.1 Å². The maximum absolute atomic E-state index is 12.1. The first kappa shape index (κ1) is 20.7. The van der Waals surface area contributed by atoms with E-state index in [0.29, 0.717) is 32.4 Å². The number of nitrogens with zero attached hydrogens (tertiary/aromatic N) is 1. The fourth-order valence-electron chi connectivity index (χ4n) is 3.30. The predicted octanol–water partition coefficient (Wildman–Crippen LogP) is 3.69. The second kappa shape index (κ2) is 10.5. The summed E-state index contributed by atoms with van der Waals surface area (Å²) in [5.74, 6) is 1.71. The lowest BCUT2D eigenvalue weighted by molar-refractivity contribution is -0.121. The van der Waals surface area contributed by atoms with Crippen molar-refractivity contribution in [3.63, 3.8) is 0 Å². The molecule has 0 atom stereocenters. The zero-order chi connectivity index (χ0) is 20.5. The number of hydrogen-bond donors (Lipinski definition) is 1. The Morgan fingerprint density at radius 2 is 1.90 bits per heavy atom. The number of rotatable bonds is 9. The minimum Gasteiger partial charge on any atom is -0.497 e. The molecule has 1 saturated heterocycles. The number of carbonyl (C=O) groups is 2. The van der Waals surface area contributed by atoms with Crippen LogP contribution in [0.15, 0.2) is 48.5 Å². The number of nitrogens with one attached hydrogen (secondary N) is 1. The number of methoxy groups -OCH3 is 1. The van der Waals surface area contributed by atoms with E-state index in [-0.39, 0.29) is 11.8 Å². The molecule has 29 heavy (non-hydrogen) atoms. The Morgan fingerprint density at radius 3 is 2.66 bits per heavy atom. The smallest absolute Gasteiger partial charge is 0.226 e. The highest BCUT2D eigenvalue weighted by Crippen LogP contribution is 2.22. The Morgan fingerprint density at radius 1 is 1.10 bits per heavy atom. The van der Waals surface area contributed by atoms with Gasteiger partial charge in [0, 0.05) is 31.6 Å². The van der Waals surface area contributed by atoms with Crippen LogP contribution in [0.2, 0.25) is 0 Å². The molecule has 6 nitrogen and oxygen atoms in total. The van der Waals surface area contributed by atoms with Crippen LogP contribution in [-0.4, -0.2) is 32.1 Å². The fourth-order valence-corrected chi connectivity index (χ4v) is 3.30. The van der Waals surface area contributed by atoms with Crippen molar-refractivity contribution in [2.45, 2.75) is 38.6 Å².